The fourth-order valence-electron chi connectivity index (χ4n) is 8.56. The van der Waals surface area contributed by atoms with Crippen molar-refractivity contribution in [1.82, 2.24) is 0 Å². The second kappa shape index (κ2) is 13.4. The van der Waals surface area contributed by atoms with Crippen LogP contribution in [0.15, 0.2) is 212 Å². The number of rotatable bonds is 6. The summed E-state index contributed by atoms with van der Waals surface area (Å²) in [5, 5.41) is 10.3. The van der Waals surface area contributed by atoms with Gasteiger partial charge in [0.1, 0.15) is 0 Å². The van der Waals surface area contributed by atoms with E-state index in [2.05, 4.69) is 217 Å². The first-order chi connectivity index (χ1) is 27.8. The van der Waals surface area contributed by atoms with Crippen molar-refractivity contribution in [3.8, 4) is 33.4 Å². The smallest absolute Gasteiger partial charge is 0.0467 e. The molecule has 0 saturated heterocycles. The second-order valence-electron chi connectivity index (χ2n) is 14.5. The van der Waals surface area contributed by atoms with Gasteiger partial charge in [0.2, 0.25) is 0 Å². The monoisotopic (exact) mass is 729 g/mol. The van der Waals surface area contributed by atoms with Crippen molar-refractivity contribution < 1.29 is 0 Å². The van der Waals surface area contributed by atoms with E-state index in [0.717, 1.165) is 17.1 Å². The van der Waals surface area contributed by atoms with E-state index < -0.39 is 0 Å². The number of benzene rings is 10. The van der Waals surface area contributed by atoms with E-state index in [4.69, 9.17) is 0 Å². The number of anilines is 3. The largest absolute Gasteiger partial charge is 0.310 e. The molecule has 2 heteroatoms. The minimum absolute atomic E-state index is 1.11. The average Bonchev–Trinajstić information content (AvgIpc) is 3.67. The molecule has 1 heterocycles. The summed E-state index contributed by atoms with van der Waals surface area (Å²) in [5.74, 6) is 0. The molecular formula is C54H35NS. The Morgan fingerprint density at radius 3 is 1.57 bits per heavy atom. The van der Waals surface area contributed by atoms with Crippen molar-refractivity contribution in [2.75, 3.05) is 4.90 Å². The Hall–Kier alpha value is -7.00. The van der Waals surface area contributed by atoms with Crippen molar-refractivity contribution >= 4 is 80.9 Å². The summed E-state index contributed by atoms with van der Waals surface area (Å²) in [4.78, 5) is 2.38. The fourth-order valence-corrected chi connectivity index (χ4v) is 9.82. The van der Waals surface area contributed by atoms with Crippen molar-refractivity contribution in [3.05, 3.63) is 212 Å². The Balaban J connectivity index is 1.05. The summed E-state index contributed by atoms with van der Waals surface area (Å²) in [7, 11) is 0. The van der Waals surface area contributed by atoms with Gasteiger partial charge in [0.25, 0.3) is 0 Å². The molecule has 10 aromatic carbocycles. The van der Waals surface area contributed by atoms with Crippen molar-refractivity contribution in [2.24, 2.45) is 0 Å². The molecule has 0 unspecified atom stereocenters. The van der Waals surface area contributed by atoms with Gasteiger partial charge in [0.05, 0.1) is 0 Å². The fraction of sp³-hybridized carbons (Fsp3) is 0. The van der Waals surface area contributed by atoms with Crippen LogP contribution in [0, 0.1) is 0 Å². The molecule has 0 N–H and O–H groups in total. The zero-order chi connectivity index (χ0) is 37.0. The van der Waals surface area contributed by atoms with E-state index in [0.29, 0.717) is 0 Å². The van der Waals surface area contributed by atoms with E-state index in [-0.39, 0.29) is 0 Å². The Morgan fingerprint density at radius 2 is 0.839 bits per heavy atom. The maximum Gasteiger partial charge on any atom is 0.0467 e. The van der Waals surface area contributed by atoms with Crippen LogP contribution in [-0.2, 0) is 0 Å². The first-order valence-corrected chi connectivity index (χ1v) is 20.0. The highest BCUT2D eigenvalue weighted by atomic mass is 32.1. The number of hydrogen-bond acceptors (Lipinski definition) is 2. The number of hydrogen-bond donors (Lipinski definition) is 0. The highest BCUT2D eigenvalue weighted by Gasteiger charge is 2.18. The topological polar surface area (TPSA) is 3.24 Å². The molecule has 262 valence electrons. The molecule has 11 rings (SSSR count). The Bertz CT molecular complexity index is 3230. The van der Waals surface area contributed by atoms with E-state index in [9.17, 15) is 0 Å². The van der Waals surface area contributed by atoms with Crippen LogP contribution in [0.25, 0.3) is 85.9 Å². The van der Waals surface area contributed by atoms with Crippen LogP contribution in [0.2, 0.25) is 0 Å². The summed E-state index contributed by atoms with van der Waals surface area (Å²) in [6.45, 7) is 0. The van der Waals surface area contributed by atoms with Crippen molar-refractivity contribution in [3.63, 3.8) is 0 Å². The first-order valence-electron chi connectivity index (χ1n) is 19.2. The Labute approximate surface area is 330 Å². The van der Waals surface area contributed by atoms with Crippen molar-refractivity contribution in [2.45, 2.75) is 0 Å². The maximum absolute atomic E-state index is 2.38. The second-order valence-corrected chi connectivity index (χ2v) is 15.5. The third kappa shape index (κ3) is 5.46. The van der Waals surface area contributed by atoms with Gasteiger partial charge in [-0.2, -0.15) is 0 Å². The summed E-state index contributed by atoms with van der Waals surface area (Å²) in [6, 6.07) is 77.6. The average molecular weight is 730 g/mol. The lowest BCUT2D eigenvalue weighted by molar-refractivity contribution is 1.28. The van der Waals surface area contributed by atoms with Crippen LogP contribution in [0.5, 0.6) is 0 Å². The van der Waals surface area contributed by atoms with Crippen LogP contribution in [0.4, 0.5) is 17.1 Å². The van der Waals surface area contributed by atoms with E-state index >= 15 is 0 Å². The lowest BCUT2D eigenvalue weighted by Gasteiger charge is -2.26. The van der Waals surface area contributed by atoms with Gasteiger partial charge in [-0.3, -0.25) is 0 Å². The number of thiophene rings is 1. The van der Waals surface area contributed by atoms with Gasteiger partial charge in [0.15, 0.2) is 0 Å². The zero-order valence-corrected chi connectivity index (χ0v) is 31.4. The van der Waals surface area contributed by atoms with Gasteiger partial charge in [-0.15, -0.1) is 11.3 Å². The summed E-state index contributed by atoms with van der Waals surface area (Å²) in [6.07, 6.45) is 0. The van der Waals surface area contributed by atoms with Crippen molar-refractivity contribution in [1.29, 1.82) is 0 Å². The molecule has 0 atom stereocenters. The molecule has 0 fully saturated rings. The van der Waals surface area contributed by atoms with E-state index in [1.807, 2.05) is 11.3 Å². The predicted octanol–water partition coefficient (Wildman–Crippen LogP) is 16.0. The molecule has 0 spiro atoms. The summed E-state index contributed by atoms with van der Waals surface area (Å²) >= 11 is 1.89. The van der Waals surface area contributed by atoms with Crippen LogP contribution in [-0.4, -0.2) is 0 Å². The lowest BCUT2D eigenvalue weighted by Crippen LogP contribution is -2.10. The Morgan fingerprint density at radius 1 is 0.304 bits per heavy atom. The van der Waals surface area contributed by atoms with Gasteiger partial charge < -0.3 is 4.90 Å². The zero-order valence-electron chi connectivity index (χ0n) is 30.6. The van der Waals surface area contributed by atoms with Crippen LogP contribution in [0.3, 0.4) is 0 Å². The number of fused-ring (bicyclic) bond motifs is 8. The molecule has 11 aromatic rings. The van der Waals surface area contributed by atoms with Gasteiger partial charge in [-0.25, -0.2) is 0 Å². The molecule has 0 radical (unpaired) electrons. The molecule has 56 heavy (non-hydrogen) atoms. The van der Waals surface area contributed by atoms with Gasteiger partial charge in [-0.05, 0) is 115 Å². The van der Waals surface area contributed by atoms with Gasteiger partial charge in [0, 0.05) is 42.8 Å². The predicted molar refractivity (Wildman–Crippen MR) is 243 cm³/mol. The minimum atomic E-state index is 1.11. The Kier molecular flexibility index (Phi) is 7.75. The molecule has 0 amide bonds. The number of nitrogens with zero attached hydrogens (tertiary/aromatic N) is 1. The molecule has 0 saturated carbocycles. The third-order valence-corrected chi connectivity index (χ3v) is 12.4. The third-order valence-electron chi connectivity index (χ3n) is 11.2. The molecule has 0 bridgehead atoms. The first kappa shape index (κ1) is 32.4. The molecule has 1 aromatic heterocycles. The quantitative estimate of drug-likeness (QED) is 0.154. The summed E-state index contributed by atoms with van der Waals surface area (Å²) in [5.41, 5.74) is 10.7. The van der Waals surface area contributed by atoms with Gasteiger partial charge in [-0.1, -0.05) is 158 Å². The maximum atomic E-state index is 2.38. The molecule has 0 aliphatic heterocycles. The van der Waals surface area contributed by atoms with Crippen LogP contribution in [0.1, 0.15) is 0 Å². The molecule has 1 nitrogen and oxygen atoms in total. The lowest BCUT2D eigenvalue weighted by atomic mass is 9.93. The standard InChI is InChI=1S/C54H35NS/c1-2-13-36(14-3-1)39-17-12-18-44(33-39)55(42-29-25-37(26-30-42)50-34-40-15-4-6-19-45(40)47-21-8-9-22-48(47)50)43-31-27-38(28-32-43)51-35-41-16-5-7-20-46(41)53-49-23-10-11-24-52(49)56-54(51)53/h1-35H. The molecule has 0 aliphatic carbocycles. The minimum Gasteiger partial charge on any atom is -0.310 e. The van der Waals surface area contributed by atoms with E-state index in [1.165, 1.54) is 85.9 Å². The molecule has 0 aliphatic rings. The van der Waals surface area contributed by atoms with Crippen LogP contribution < -0.4 is 4.90 Å². The van der Waals surface area contributed by atoms with E-state index in [1.54, 1.807) is 0 Å². The van der Waals surface area contributed by atoms with Crippen LogP contribution >= 0.6 is 11.3 Å². The van der Waals surface area contributed by atoms with Gasteiger partial charge >= 0.3 is 0 Å². The highest BCUT2D eigenvalue weighted by molar-refractivity contribution is 7.26. The normalized spacial score (nSPS) is 11.6. The SMILES string of the molecule is c1ccc(-c2cccc(N(c3ccc(-c4cc5ccccc5c5ccccc45)cc3)c3ccc(-c4cc5ccccc5c5c4sc4ccccc45)cc3)c2)cc1. The highest BCUT2D eigenvalue weighted by Crippen LogP contribution is 2.45. The molecular weight excluding hydrogens is 695 g/mol. The summed E-state index contributed by atoms with van der Waals surface area (Å²) < 4.78 is 2.66.